The van der Waals surface area contributed by atoms with Crippen molar-refractivity contribution in [2.24, 2.45) is 0 Å². The van der Waals surface area contributed by atoms with Crippen LogP contribution in [0.1, 0.15) is 19.0 Å². The molecule has 0 fully saturated rings. The van der Waals surface area contributed by atoms with E-state index in [0.717, 1.165) is 31.0 Å². The Hall–Kier alpha value is -0.830. The normalized spacial score (nSPS) is 10.2. The number of hydrogen-bond donors (Lipinski definition) is 0. The Morgan fingerprint density at radius 3 is 2.64 bits per heavy atom. The van der Waals surface area contributed by atoms with Gasteiger partial charge in [-0.1, -0.05) is 0 Å². The number of halogens is 1. The van der Waals surface area contributed by atoms with Gasteiger partial charge >= 0.3 is 0 Å². The summed E-state index contributed by atoms with van der Waals surface area (Å²) in [5.74, 6) is 1.66. The molecule has 0 atom stereocenters. The molecule has 3 nitrogen and oxygen atoms in total. The molecule has 0 saturated carbocycles. The van der Waals surface area contributed by atoms with E-state index in [4.69, 9.17) is 11.6 Å². The van der Waals surface area contributed by atoms with Gasteiger partial charge in [-0.05, 0) is 20.3 Å². The monoisotopic (exact) mass is 213 g/mol. The van der Waals surface area contributed by atoms with Crippen LogP contribution in [-0.4, -0.2) is 28.9 Å². The SMILES string of the molecule is CCN(CCCCl)c1nccnc1C. The fourth-order valence-electron chi connectivity index (χ4n) is 1.38. The summed E-state index contributed by atoms with van der Waals surface area (Å²) in [5, 5.41) is 0. The molecule has 0 saturated heterocycles. The summed E-state index contributed by atoms with van der Waals surface area (Å²) in [5.41, 5.74) is 0.976. The minimum absolute atomic E-state index is 0.690. The lowest BCUT2D eigenvalue weighted by atomic mass is 10.3. The van der Waals surface area contributed by atoms with Gasteiger partial charge in [0.1, 0.15) is 5.82 Å². The number of nitrogens with zero attached hydrogens (tertiary/aromatic N) is 3. The van der Waals surface area contributed by atoms with E-state index < -0.39 is 0 Å². The van der Waals surface area contributed by atoms with E-state index >= 15 is 0 Å². The van der Waals surface area contributed by atoms with E-state index in [1.54, 1.807) is 12.4 Å². The van der Waals surface area contributed by atoms with Gasteiger partial charge in [0, 0.05) is 31.4 Å². The van der Waals surface area contributed by atoms with E-state index in [1.807, 2.05) is 6.92 Å². The summed E-state index contributed by atoms with van der Waals surface area (Å²) < 4.78 is 0. The van der Waals surface area contributed by atoms with Crippen molar-refractivity contribution >= 4 is 17.4 Å². The molecule has 14 heavy (non-hydrogen) atoms. The zero-order valence-corrected chi connectivity index (χ0v) is 9.46. The average Bonchev–Trinajstić information content (AvgIpc) is 2.21. The Balaban J connectivity index is 2.73. The van der Waals surface area contributed by atoms with Crippen molar-refractivity contribution in [2.75, 3.05) is 23.9 Å². The molecule has 0 amide bonds. The quantitative estimate of drug-likeness (QED) is 0.703. The van der Waals surface area contributed by atoms with Crippen LogP contribution in [0.15, 0.2) is 12.4 Å². The molecule has 0 aliphatic heterocycles. The van der Waals surface area contributed by atoms with Gasteiger partial charge in [0.05, 0.1) is 5.69 Å². The molecular weight excluding hydrogens is 198 g/mol. The second-order valence-electron chi connectivity index (χ2n) is 3.09. The first-order valence-electron chi connectivity index (χ1n) is 4.88. The standard InChI is InChI=1S/C10H16ClN3/c1-3-14(8-4-5-11)10-9(2)12-6-7-13-10/h6-7H,3-5,8H2,1-2H3. The second-order valence-corrected chi connectivity index (χ2v) is 3.47. The Morgan fingerprint density at radius 1 is 1.36 bits per heavy atom. The summed E-state index contributed by atoms with van der Waals surface area (Å²) in [7, 11) is 0. The number of rotatable bonds is 5. The molecule has 0 bridgehead atoms. The number of aromatic nitrogens is 2. The molecular formula is C10H16ClN3. The molecule has 1 rings (SSSR count). The van der Waals surface area contributed by atoms with Crippen molar-refractivity contribution in [3.05, 3.63) is 18.1 Å². The summed E-state index contributed by atoms with van der Waals surface area (Å²) >= 11 is 5.67. The molecule has 1 aromatic heterocycles. The van der Waals surface area contributed by atoms with E-state index in [2.05, 4.69) is 21.8 Å². The fraction of sp³-hybridized carbons (Fsp3) is 0.600. The highest BCUT2D eigenvalue weighted by Crippen LogP contribution is 2.13. The molecule has 1 heterocycles. The van der Waals surface area contributed by atoms with Crippen LogP contribution >= 0.6 is 11.6 Å². The van der Waals surface area contributed by atoms with Gasteiger partial charge in [0.2, 0.25) is 0 Å². The largest absolute Gasteiger partial charge is 0.355 e. The third-order valence-corrected chi connectivity index (χ3v) is 2.37. The lowest BCUT2D eigenvalue weighted by Crippen LogP contribution is -2.26. The van der Waals surface area contributed by atoms with Crippen LogP contribution in [0.25, 0.3) is 0 Å². The van der Waals surface area contributed by atoms with Gasteiger partial charge in [-0.2, -0.15) is 0 Å². The number of alkyl halides is 1. The van der Waals surface area contributed by atoms with Gasteiger partial charge < -0.3 is 4.90 Å². The van der Waals surface area contributed by atoms with E-state index in [9.17, 15) is 0 Å². The first kappa shape index (κ1) is 11.2. The predicted octanol–water partition coefficient (Wildman–Crippen LogP) is 2.24. The van der Waals surface area contributed by atoms with Crippen LogP contribution in [-0.2, 0) is 0 Å². The maximum Gasteiger partial charge on any atom is 0.150 e. The second kappa shape index (κ2) is 5.81. The maximum absolute atomic E-state index is 5.67. The number of aryl methyl sites for hydroxylation is 1. The summed E-state index contributed by atoms with van der Waals surface area (Å²) in [4.78, 5) is 10.7. The van der Waals surface area contributed by atoms with Gasteiger partial charge in [-0.25, -0.2) is 4.98 Å². The Labute approximate surface area is 90.1 Å². The minimum Gasteiger partial charge on any atom is -0.355 e. The lowest BCUT2D eigenvalue weighted by molar-refractivity contribution is 0.773. The van der Waals surface area contributed by atoms with Crippen LogP contribution in [0.5, 0.6) is 0 Å². The van der Waals surface area contributed by atoms with E-state index in [0.29, 0.717) is 5.88 Å². The number of anilines is 1. The summed E-state index contributed by atoms with van der Waals surface area (Å²) in [6, 6.07) is 0. The molecule has 0 N–H and O–H groups in total. The van der Waals surface area contributed by atoms with Crippen LogP contribution in [0.3, 0.4) is 0 Å². The summed E-state index contributed by atoms with van der Waals surface area (Å²) in [6.45, 7) is 5.98. The van der Waals surface area contributed by atoms with Crippen LogP contribution in [0.4, 0.5) is 5.82 Å². The van der Waals surface area contributed by atoms with Gasteiger partial charge in [-0.15, -0.1) is 11.6 Å². The molecule has 0 radical (unpaired) electrons. The molecule has 0 aliphatic rings. The Morgan fingerprint density at radius 2 is 2.07 bits per heavy atom. The molecule has 4 heteroatoms. The van der Waals surface area contributed by atoms with Crippen molar-refractivity contribution in [3.63, 3.8) is 0 Å². The van der Waals surface area contributed by atoms with Gasteiger partial charge in [0.15, 0.2) is 0 Å². The molecule has 0 spiro atoms. The lowest BCUT2D eigenvalue weighted by Gasteiger charge is -2.22. The third kappa shape index (κ3) is 2.84. The first-order chi connectivity index (χ1) is 6.79. The zero-order chi connectivity index (χ0) is 10.4. The van der Waals surface area contributed by atoms with Crippen molar-refractivity contribution in [3.8, 4) is 0 Å². The van der Waals surface area contributed by atoms with Crippen LogP contribution in [0, 0.1) is 6.92 Å². The van der Waals surface area contributed by atoms with E-state index in [-0.39, 0.29) is 0 Å². The minimum atomic E-state index is 0.690. The average molecular weight is 214 g/mol. The van der Waals surface area contributed by atoms with Crippen molar-refractivity contribution in [1.29, 1.82) is 0 Å². The summed E-state index contributed by atoms with van der Waals surface area (Å²) in [6.07, 6.45) is 4.42. The van der Waals surface area contributed by atoms with E-state index in [1.165, 1.54) is 0 Å². The molecule has 0 unspecified atom stereocenters. The maximum atomic E-state index is 5.67. The van der Waals surface area contributed by atoms with Crippen LogP contribution < -0.4 is 4.90 Å². The smallest absolute Gasteiger partial charge is 0.150 e. The van der Waals surface area contributed by atoms with Crippen molar-refractivity contribution in [1.82, 2.24) is 9.97 Å². The molecule has 78 valence electrons. The van der Waals surface area contributed by atoms with Crippen molar-refractivity contribution in [2.45, 2.75) is 20.3 Å². The van der Waals surface area contributed by atoms with Crippen LogP contribution in [0.2, 0.25) is 0 Å². The predicted molar refractivity (Wildman–Crippen MR) is 60.0 cm³/mol. The molecule has 1 aromatic rings. The Kier molecular flexibility index (Phi) is 4.66. The van der Waals surface area contributed by atoms with Gasteiger partial charge in [-0.3, -0.25) is 4.98 Å². The highest BCUT2D eigenvalue weighted by Gasteiger charge is 2.07. The topological polar surface area (TPSA) is 29.0 Å². The Bertz CT molecular complexity index is 278. The highest BCUT2D eigenvalue weighted by atomic mass is 35.5. The van der Waals surface area contributed by atoms with Crippen molar-refractivity contribution < 1.29 is 0 Å². The fourth-order valence-corrected chi connectivity index (χ4v) is 1.49. The first-order valence-corrected chi connectivity index (χ1v) is 5.41. The molecule has 0 aliphatic carbocycles. The number of hydrogen-bond acceptors (Lipinski definition) is 3. The highest BCUT2D eigenvalue weighted by molar-refractivity contribution is 6.17. The zero-order valence-electron chi connectivity index (χ0n) is 8.70. The molecule has 0 aromatic carbocycles. The van der Waals surface area contributed by atoms with Gasteiger partial charge in [0.25, 0.3) is 0 Å². The third-order valence-electron chi connectivity index (χ3n) is 2.10.